The first-order valence-electron chi connectivity index (χ1n) is 12.2. The fraction of sp³-hybridized carbons (Fsp3) is 0.370. The quantitative estimate of drug-likeness (QED) is 0.512. The zero-order chi connectivity index (χ0) is 24.2. The summed E-state index contributed by atoms with van der Waals surface area (Å²) in [7, 11) is 3.41. The molecule has 3 heterocycles. The summed E-state index contributed by atoms with van der Waals surface area (Å²) in [6.07, 6.45) is 4.45. The Balaban J connectivity index is 1.53. The molecule has 8 heteroatoms. The van der Waals surface area contributed by atoms with Crippen LogP contribution < -0.4 is 25.6 Å². The molecule has 1 saturated carbocycles. The van der Waals surface area contributed by atoms with E-state index >= 15 is 0 Å². The SMILES string of the molecule is C=C(c1cc(Oc2ccccc2)cc(N[C@@H]2CCCNC2)n1)n1nc(C2CC2)c(OC)c/c1=N/C. The van der Waals surface area contributed by atoms with Gasteiger partial charge in [-0.3, -0.25) is 4.99 Å². The summed E-state index contributed by atoms with van der Waals surface area (Å²) < 4.78 is 13.6. The molecule has 8 nitrogen and oxygen atoms in total. The molecule has 1 atom stereocenters. The number of pyridine rings is 1. The van der Waals surface area contributed by atoms with Crippen LogP contribution in [0.1, 0.15) is 43.0 Å². The zero-order valence-corrected chi connectivity index (χ0v) is 20.3. The van der Waals surface area contributed by atoms with Crippen molar-refractivity contribution >= 4 is 11.5 Å². The molecule has 1 aromatic carbocycles. The molecule has 0 radical (unpaired) electrons. The number of rotatable bonds is 8. The van der Waals surface area contributed by atoms with Crippen LogP contribution >= 0.6 is 0 Å². The number of hydrogen-bond donors (Lipinski definition) is 2. The van der Waals surface area contributed by atoms with Gasteiger partial charge in [0, 0.05) is 43.8 Å². The molecule has 3 aromatic rings. The van der Waals surface area contributed by atoms with Gasteiger partial charge in [-0.1, -0.05) is 24.8 Å². The number of hydrogen-bond acceptors (Lipinski definition) is 7. The van der Waals surface area contributed by atoms with E-state index in [0.717, 1.165) is 61.8 Å². The van der Waals surface area contributed by atoms with Crippen LogP contribution in [0.25, 0.3) is 5.70 Å². The van der Waals surface area contributed by atoms with E-state index in [1.807, 2.05) is 48.5 Å². The predicted octanol–water partition coefficient (Wildman–Crippen LogP) is 4.17. The summed E-state index contributed by atoms with van der Waals surface area (Å²) in [5, 5.41) is 11.9. The monoisotopic (exact) mass is 472 g/mol. The normalized spacial score (nSPS) is 18.2. The third-order valence-electron chi connectivity index (χ3n) is 6.33. The average Bonchev–Trinajstić information content (AvgIpc) is 3.74. The Kier molecular flexibility index (Phi) is 6.81. The van der Waals surface area contributed by atoms with E-state index in [1.165, 1.54) is 0 Å². The summed E-state index contributed by atoms with van der Waals surface area (Å²) >= 11 is 0. The van der Waals surface area contributed by atoms with Crippen LogP contribution in [-0.2, 0) is 0 Å². The molecule has 2 aromatic heterocycles. The van der Waals surface area contributed by atoms with Crippen LogP contribution in [0.5, 0.6) is 17.2 Å². The minimum atomic E-state index is 0.304. The van der Waals surface area contributed by atoms with Crippen LogP contribution in [0.4, 0.5) is 5.82 Å². The van der Waals surface area contributed by atoms with Crippen molar-refractivity contribution in [2.24, 2.45) is 4.99 Å². The number of ether oxygens (including phenoxy) is 2. The third-order valence-corrected chi connectivity index (χ3v) is 6.33. The van der Waals surface area contributed by atoms with Crippen molar-refractivity contribution in [3.8, 4) is 17.2 Å². The average molecular weight is 473 g/mol. The summed E-state index contributed by atoms with van der Waals surface area (Å²) in [6.45, 7) is 6.31. The maximum absolute atomic E-state index is 6.19. The number of piperidine rings is 1. The molecule has 0 spiro atoms. The van der Waals surface area contributed by atoms with Crippen molar-refractivity contribution in [3.63, 3.8) is 0 Å². The number of aromatic nitrogens is 3. The molecule has 1 aliphatic carbocycles. The highest BCUT2D eigenvalue weighted by molar-refractivity contribution is 5.64. The lowest BCUT2D eigenvalue weighted by atomic mass is 10.1. The van der Waals surface area contributed by atoms with Crippen LogP contribution in [0.3, 0.4) is 0 Å². The lowest BCUT2D eigenvalue weighted by molar-refractivity contribution is 0.402. The molecule has 2 aliphatic rings. The predicted molar refractivity (Wildman–Crippen MR) is 137 cm³/mol. The van der Waals surface area contributed by atoms with E-state index in [4.69, 9.17) is 19.6 Å². The van der Waals surface area contributed by atoms with Gasteiger partial charge in [0.05, 0.1) is 18.5 Å². The molecule has 0 unspecified atom stereocenters. The molecule has 0 bridgehead atoms. The molecule has 1 aliphatic heterocycles. The Morgan fingerprint density at radius 3 is 2.66 bits per heavy atom. The number of nitrogens with zero attached hydrogens (tertiary/aromatic N) is 4. The molecule has 2 fully saturated rings. The van der Waals surface area contributed by atoms with Gasteiger partial charge in [0.15, 0.2) is 5.49 Å². The van der Waals surface area contributed by atoms with Gasteiger partial charge in [-0.05, 0) is 44.4 Å². The van der Waals surface area contributed by atoms with Crippen molar-refractivity contribution < 1.29 is 9.47 Å². The lowest BCUT2D eigenvalue weighted by Crippen LogP contribution is -2.38. The molecular formula is C27H32N6O2. The molecule has 1 saturated heterocycles. The Bertz CT molecular complexity index is 1260. The van der Waals surface area contributed by atoms with Crippen molar-refractivity contribution in [1.29, 1.82) is 0 Å². The fourth-order valence-electron chi connectivity index (χ4n) is 4.33. The first kappa shape index (κ1) is 23.1. The van der Waals surface area contributed by atoms with E-state index < -0.39 is 0 Å². The number of methoxy groups -OCH3 is 1. The third kappa shape index (κ3) is 5.38. The second-order valence-corrected chi connectivity index (χ2v) is 8.99. The van der Waals surface area contributed by atoms with Gasteiger partial charge >= 0.3 is 0 Å². The van der Waals surface area contributed by atoms with Crippen molar-refractivity contribution in [2.45, 2.75) is 37.6 Å². The van der Waals surface area contributed by atoms with Crippen molar-refractivity contribution in [2.75, 3.05) is 32.6 Å². The minimum absolute atomic E-state index is 0.304. The van der Waals surface area contributed by atoms with Gasteiger partial charge in [-0.25, -0.2) is 9.67 Å². The van der Waals surface area contributed by atoms with Gasteiger partial charge < -0.3 is 20.1 Å². The fourth-order valence-corrected chi connectivity index (χ4v) is 4.33. The molecule has 5 rings (SSSR count). The van der Waals surface area contributed by atoms with Gasteiger partial charge in [0.1, 0.15) is 28.8 Å². The maximum Gasteiger partial charge on any atom is 0.153 e. The number of nitrogens with one attached hydrogen (secondary N) is 2. The van der Waals surface area contributed by atoms with E-state index in [0.29, 0.717) is 34.6 Å². The lowest BCUT2D eigenvalue weighted by Gasteiger charge is -2.25. The topological polar surface area (TPSA) is 85.6 Å². The van der Waals surface area contributed by atoms with Gasteiger partial charge in [0.25, 0.3) is 0 Å². The molecule has 2 N–H and O–H groups in total. The second-order valence-electron chi connectivity index (χ2n) is 8.99. The summed E-state index contributed by atoms with van der Waals surface area (Å²) in [6, 6.07) is 15.8. The van der Waals surface area contributed by atoms with E-state index in [1.54, 1.807) is 18.8 Å². The first-order valence-corrected chi connectivity index (χ1v) is 12.2. The Hall–Kier alpha value is -3.65. The smallest absolute Gasteiger partial charge is 0.153 e. The summed E-state index contributed by atoms with van der Waals surface area (Å²) in [5.74, 6) is 3.36. The largest absolute Gasteiger partial charge is 0.495 e. The van der Waals surface area contributed by atoms with E-state index in [9.17, 15) is 0 Å². The number of benzene rings is 1. The maximum atomic E-state index is 6.19. The van der Waals surface area contributed by atoms with E-state index in [-0.39, 0.29) is 0 Å². The highest BCUT2D eigenvalue weighted by Crippen LogP contribution is 2.42. The van der Waals surface area contributed by atoms with Crippen LogP contribution in [-0.4, -0.2) is 48.1 Å². The molecule has 0 amide bonds. The van der Waals surface area contributed by atoms with Crippen LogP contribution in [0.15, 0.2) is 60.1 Å². The Morgan fingerprint density at radius 2 is 1.97 bits per heavy atom. The summed E-state index contributed by atoms with van der Waals surface area (Å²) in [5.41, 5.74) is 2.88. The molecular weight excluding hydrogens is 440 g/mol. The first-order chi connectivity index (χ1) is 17.1. The van der Waals surface area contributed by atoms with E-state index in [2.05, 4.69) is 22.2 Å². The van der Waals surface area contributed by atoms with Crippen LogP contribution in [0, 0.1) is 0 Å². The number of para-hydroxylation sites is 1. The highest BCUT2D eigenvalue weighted by Gasteiger charge is 2.30. The van der Waals surface area contributed by atoms with Crippen molar-refractivity contribution in [1.82, 2.24) is 20.1 Å². The second kappa shape index (κ2) is 10.3. The highest BCUT2D eigenvalue weighted by atomic mass is 16.5. The minimum Gasteiger partial charge on any atom is -0.495 e. The zero-order valence-electron chi connectivity index (χ0n) is 20.3. The van der Waals surface area contributed by atoms with Crippen molar-refractivity contribution in [3.05, 3.63) is 72.0 Å². The Labute approximate surface area is 205 Å². The Morgan fingerprint density at radius 1 is 1.14 bits per heavy atom. The standard InChI is InChI=1S/C27H32N6O2/c1-18(33-26(28-2)16-24(34-3)27(32-33)19-11-12-19)23-14-22(35-21-9-5-4-6-10-21)15-25(31-23)30-20-8-7-13-29-17-20/h4-6,9-10,14-16,19-20,29H,1,7-8,11-13,17H2,2-3H3,(H,30,31)/b28-26-/t20-/m1/s1. The van der Waals surface area contributed by atoms with Gasteiger partial charge in [-0.2, -0.15) is 5.10 Å². The van der Waals surface area contributed by atoms with Gasteiger partial charge in [-0.15, -0.1) is 0 Å². The molecule has 182 valence electrons. The molecule has 35 heavy (non-hydrogen) atoms. The number of anilines is 1. The van der Waals surface area contributed by atoms with Crippen LogP contribution in [0.2, 0.25) is 0 Å². The summed E-state index contributed by atoms with van der Waals surface area (Å²) in [4.78, 5) is 9.33. The van der Waals surface area contributed by atoms with Gasteiger partial charge in [0.2, 0.25) is 0 Å².